The number of azide groups is 1. The fraction of sp³-hybridized carbons (Fsp3) is 0.383. The van der Waals surface area contributed by atoms with Gasteiger partial charge in [-0.05, 0) is 73.1 Å². The Morgan fingerprint density at radius 1 is 0.215 bits per heavy atom. The summed E-state index contributed by atoms with van der Waals surface area (Å²) in [5.74, 6) is -5.09. The van der Waals surface area contributed by atoms with E-state index in [9.17, 15) is 10.3 Å². The molecule has 0 amide bonds. The number of benzene rings is 11. The van der Waals surface area contributed by atoms with E-state index in [4.69, 9.17) is 123 Å². The standard InChI is InChI=1S/C115H123N3O31/c1-124-106(119)96-86(130-64-75-40-17-6-18-41-75)87(131-65-76-42-19-7-20-43-76)102(137-71-82-54-31-13-32-55-82)112(146-96)142-93-89(133-67-78-46-23-9-24-47-78)104(139-73-84-58-35-15-36-59-84)114(148-98(93)108(121)126-3)144-95-91(135-69-80-50-27-11-28-51-80)105(140-74-85-60-37-16-38-61-85)115(149-100(95)110(123)128-5)143-94-90(134-68-79-48-25-10-26-49-79)103(138-72-83-56-33-14-34-57-83)113(147-99(94)109(122)127-4)141-92-88(132-66-77-44-21-8-22-45-77)101(136-70-81-52-29-12-30-53-81)111(129-63-39-62-117-118-116)145-97(92)107(120)125-2/h6-38,40-61,86-105,111-115H,39,62-74H2,1-5H3/t86-,87-,88-,89-,90-,91-,92-,93-,94-,95-,96-,97-,98-,99-,100-,101-,102-,103-,104-,105-,111+,112+,113+,114+,115+/m0/s1. The number of carbonyl (C=O) groups is 5. The third-order valence-electron chi connectivity index (χ3n) is 25.7. The smallest absolute Gasteiger partial charge is 0.337 e. The van der Waals surface area contributed by atoms with E-state index < -0.39 is 183 Å². The number of carbonyl (C=O) groups excluding carboxylic acids is 5. The minimum absolute atomic E-state index is 0.0414. The molecule has 5 fully saturated rings. The summed E-state index contributed by atoms with van der Waals surface area (Å²) >= 11 is 0. The molecule has 25 atom stereocenters. The topological polar surface area (TPSA) is 374 Å². The highest BCUT2D eigenvalue weighted by Crippen LogP contribution is 2.44. The Labute approximate surface area is 864 Å². The van der Waals surface area contributed by atoms with Crippen LogP contribution in [0.3, 0.4) is 0 Å². The van der Waals surface area contributed by atoms with Crippen molar-refractivity contribution < 1.29 is 147 Å². The lowest BCUT2D eigenvalue weighted by atomic mass is 9.94. The number of hydrogen-bond acceptors (Lipinski definition) is 32. The first kappa shape index (κ1) is 109. The summed E-state index contributed by atoms with van der Waals surface area (Å²) in [6.07, 6.45) is -41.7. The van der Waals surface area contributed by atoms with Crippen molar-refractivity contribution in [2.75, 3.05) is 48.7 Å². The number of ether oxygens (including phenoxy) is 26. The first-order valence-electron chi connectivity index (χ1n) is 49.4. The van der Waals surface area contributed by atoms with Crippen LogP contribution in [0.15, 0.2) is 339 Å². The minimum atomic E-state index is -2.05. The average Bonchev–Trinajstić information content (AvgIpc) is 0.703. The van der Waals surface area contributed by atoms with E-state index in [0.717, 1.165) is 43.6 Å². The Morgan fingerprint density at radius 2 is 0.369 bits per heavy atom. The normalized spacial score (nSPS) is 26.8. The zero-order valence-electron chi connectivity index (χ0n) is 83.1. The molecular weight excluding hydrogens is 1920 g/mol. The SMILES string of the molecule is COC(=O)[C@H]1O[C@@H](O[C@H]2[C@H](OCc3ccccc3)[C@H](OCc3ccccc3)[C@H](O[C@H]3[C@H](OCc4ccccc4)[C@H](OCc4ccccc4)[C@H](O[C@H]4[C@H](OCc5ccccc5)[C@H](OCc5ccccc5)[C@H](O[C@H]5[C@H](OCc6ccccc6)[C@H](OCc6ccccc6)[C@H](OCCCN=[N+]=[N-])O[C@@H]5C(=O)OC)O[C@@H]4C(=O)OC)O[C@@H]3C(=O)OC)O[C@@H]2C(=O)OC)[C@@H](OCc2ccccc2)[C@@H](OCc2ccccc2)[C@@H]1OCc1ccccc1. The molecule has 11 aromatic rings. The maximum Gasteiger partial charge on any atom is 0.337 e. The Bertz CT molecular complexity index is 5880. The highest BCUT2D eigenvalue weighted by molar-refractivity contribution is 5.78. The maximum absolute atomic E-state index is 16.0. The lowest BCUT2D eigenvalue weighted by Crippen LogP contribution is -2.70. The van der Waals surface area contributed by atoms with Gasteiger partial charge in [0, 0.05) is 18.1 Å². The molecule has 11 aromatic carbocycles. The Balaban J connectivity index is 0.828. The van der Waals surface area contributed by atoms with E-state index in [-0.39, 0.29) is 92.2 Å². The van der Waals surface area contributed by atoms with Crippen LogP contribution < -0.4 is 0 Å². The summed E-state index contributed by atoms with van der Waals surface area (Å²) in [6.45, 7) is -1.79. The predicted octanol–water partition coefficient (Wildman–Crippen LogP) is 15.2. The van der Waals surface area contributed by atoms with Crippen molar-refractivity contribution in [3.63, 3.8) is 0 Å². The van der Waals surface area contributed by atoms with Crippen LogP contribution in [0.2, 0.25) is 0 Å². The Hall–Kier alpha value is -12.8. The molecule has 34 heteroatoms. The molecule has 0 saturated carbocycles. The van der Waals surface area contributed by atoms with Gasteiger partial charge in [-0.25, -0.2) is 24.0 Å². The van der Waals surface area contributed by atoms with Crippen molar-refractivity contribution in [3.05, 3.63) is 405 Å². The van der Waals surface area contributed by atoms with E-state index >= 15 is 19.2 Å². The minimum Gasteiger partial charge on any atom is -0.467 e. The fourth-order valence-corrected chi connectivity index (χ4v) is 18.2. The van der Waals surface area contributed by atoms with Gasteiger partial charge >= 0.3 is 29.8 Å². The molecule has 0 spiro atoms. The number of esters is 5. The zero-order valence-corrected chi connectivity index (χ0v) is 83.1. The van der Waals surface area contributed by atoms with Gasteiger partial charge in [-0.1, -0.05) is 339 Å². The summed E-state index contributed by atoms with van der Waals surface area (Å²) in [7, 11) is 5.81. The van der Waals surface area contributed by atoms with Gasteiger partial charge < -0.3 is 123 Å². The van der Waals surface area contributed by atoms with Crippen LogP contribution in [0.1, 0.15) is 67.6 Å². The third kappa shape index (κ3) is 29.9. The molecule has 0 bridgehead atoms. The molecule has 0 radical (unpaired) electrons. The van der Waals surface area contributed by atoms with Crippen molar-refractivity contribution >= 4 is 29.8 Å². The molecule has 5 aliphatic rings. The number of nitrogens with zero attached hydrogens (tertiary/aromatic N) is 3. The van der Waals surface area contributed by atoms with Gasteiger partial charge in [0.15, 0.2) is 62.0 Å². The second-order valence-corrected chi connectivity index (χ2v) is 35.7. The van der Waals surface area contributed by atoms with Gasteiger partial charge in [0.05, 0.1) is 108 Å². The van der Waals surface area contributed by atoms with Gasteiger partial charge in [-0.2, -0.15) is 0 Å². The van der Waals surface area contributed by atoms with Crippen LogP contribution in [0.5, 0.6) is 0 Å². The summed E-state index contributed by atoms with van der Waals surface area (Å²) in [6, 6.07) is 101. The monoisotopic (exact) mass is 2040 g/mol. The van der Waals surface area contributed by atoms with Crippen LogP contribution in [-0.2, 0) is 220 Å². The van der Waals surface area contributed by atoms with Crippen molar-refractivity contribution in [3.8, 4) is 0 Å². The second kappa shape index (κ2) is 56.7. The van der Waals surface area contributed by atoms with Gasteiger partial charge in [0.25, 0.3) is 0 Å². The predicted molar refractivity (Wildman–Crippen MR) is 533 cm³/mol. The lowest BCUT2D eigenvalue weighted by Gasteiger charge is -2.52. The molecule has 0 aliphatic carbocycles. The molecule has 0 aromatic heterocycles. The van der Waals surface area contributed by atoms with E-state index in [1.54, 1.807) is 0 Å². The quantitative estimate of drug-likeness (QED) is 0.00853. The van der Waals surface area contributed by atoms with E-state index in [0.29, 0.717) is 38.9 Å². The summed E-state index contributed by atoms with van der Waals surface area (Å²) < 4.78 is 180. The zero-order chi connectivity index (χ0) is 103. The number of hydrogen-bond donors (Lipinski definition) is 0. The lowest BCUT2D eigenvalue weighted by molar-refractivity contribution is -0.398. The van der Waals surface area contributed by atoms with Crippen LogP contribution in [0.25, 0.3) is 10.4 Å². The first-order chi connectivity index (χ1) is 73.2. The van der Waals surface area contributed by atoms with Crippen LogP contribution in [-0.4, -0.2) is 232 Å². The van der Waals surface area contributed by atoms with Gasteiger partial charge in [0.1, 0.15) is 91.6 Å². The van der Waals surface area contributed by atoms with Gasteiger partial charge in [-0.15, -0.1) is 0 Å². The molecule has 5 heterocycles. The van der Waals surface area contributed by atoms with E-state index in [1.165, 1.54) is 14.2 Å². The molecule has 34 nitrogen and oxygen atoms in total. The van der Waals surface area contributed by atoms with E-state index in [2.05, 4.69) is 10.0 Å². The molecule has 149 heavy (non-hydrogen) atoms. The highest BCUT2D eigenvalue weighted by Gasteiger charge is 2.64. The van der Waals surface area contributed by atoms with Crippen molar-refractivity contribution in [2.45, 2.75) is 233 Å². The van der Waals surface area contributed by atoms with Gasteiger partial charge in [0.2, 0.25) is 0 Å². The third-order valence-corrected chi connectivity index (χ3v) is 25.7. The summed E-state index contributed by atoms with van der Waals surface area (Å²) in [4.78, 5) is 80.4. The van der Waals surface area contributed by atoms with Crippen LogP contribution in [0.4, 0.5) is 0 Å². The number of rotatable bonds is 51. The van der Waals surface area contributed by atoms with Crippen molar-refractivity contribution in [1.29, 1.82) is 0 Å². The summed E-state index contributed by atoms with van der Waals surface area (Å²) in [5.41, 5.74) is 16.7. The van der Waals surface area contributed by atoms with Crippen molar-refractivity contribution in [1.82, 2.24) is 0 Å². The highest BCUT2D eigenvalue weighted by atomic mass is 16.8. The second-order valence-electron chi connectivity index (χ2n) is 35.7. The molecule has 16 rings (SSSR count). The Kier molecular flexibility index (Phi) is 41.5. The molecular formula is C115H123N3O31. The van der Waals surface area contributed by atoms with Crippen molar-refractivity contribution in [2.24, 2.45) is 5.11 Å². The van der Waals surface area contributed by atoms with Crippen LogP contribution in [0, 0.1) is 0 Å². The molecule has 0 unspecified atom stereocenters. The fourth-order valence-electron chi connectivity index (χ4n) is 18.2. The van der Waals surface area contributed by atoms with Gasteiger partial charge in [-0.3, -0.25) is 0 Å². The Morgan fingerprint density at radius 3 is 0.550 bits per heavy atom. The molecule has 784 valence electrons. The van der Waals surface area contributed by atoms with Crippen LogP contribution >= 0.6 is 0 Å². The summed E-state index contributed by atoms with van der Waals surface area (Å²) in [5, 5.41) is 3.71. The number of methoxy groups -OCH3 is 5. The first-order valence-corrected chi connectivity index (χ1v) is 49.4. The van der Waals surface area contributed by atoms with E-state index in [1.807, 2.05) is 334 Å². The largest absolute Gasteiger partial charge is 0.467 e. The maximum atomic E-state index is 16.0. The molecule has 5 aliphatic heterocycles. The molecule has 0 N–H and O–H groups in total. The average molecular weight is 2040 g/mol. The molecule has 5 saturated heterocycles.